The van der Waals surface area contributed by atoms with Gasteiger partial charge in [-0.2, -0.15) is 5.10 Å². The van der Waals surface area contributed by atoms with Gasteiger partial charge in [-0.15, -0.1) is 0 Å². The van der Waals surface area contributed by atoms with E-state index in [9.17, 15) is 4.79 Å². The molecule has 2 aromatic heterocycles. The Bertz CT molecular complexity index is 954. The topological polar surface area (TPSA) is 108 Å². The number of carbonyl (C=O) groups excluding carboxylic acids is 1. The number of nitrogens with one attached hydrogen (secondary N) is 4. The number of hydrogen-bond acceptors (Lipinski definition) is 6. The SMILES string of the molecule is Cc1cc(Nc2cncc(Nc3ccc(Cl)c(NC(=O)C(C)C)c3)n2)n[nH]1. The van der Waals surface area contributed by atoms with Crippen molar-refractivity contribution >= 4 is 46.3 Å². The summed E-state index contributed by atoms with van der Waals surface area (Å²) in [6, 6.07) is 7.13. The number of aromatic nitrogens is 4. The molecule has 0 saturated heterocycles. The third-order valence-electron chi connectivity index (χ3n) is 3.62. The van der Waals surface area contributed by atoms with Crippen LogP contribution in [0.4, 0.5) is 28.8 Å². The lowest BCUT2D eigenvalue weighted by Crippen LogP contribution is -2.18. The van der Waals surface area contributed by atoms with Crippen molar-refractivity contribution < 1.29 is 4.79 Å². The summed E-state index contributed by atoms with van der Waals surface area (Å²) in [6.45, 7) is 5.55. The zero-order valence-electron chi connectivity index (χ0n) is 15.2. The fourth-order valence-corrected chi connectivity index (χ4v) is 2.39. The summed E-state index contributed by atoms with van der Waals surface area (Å²) < 4.78 is 0. The average molecular weight is 386 g/mol. The molecule has 2 heterocycles. The molecule has 1 aromatic carbocycles. The molecule has 3 aromatic rings. The van der Waals surface area contributed by atoms with Gasteiger partial charge in [0.15, 0.2) is 17.5 Å². The minimum atomic E-state index is -0.142. The Balaban J connectivity index is 1.75. The second-order valence-electron chi connectivity index (χ2n) is 6.31. The predicted octanol–water partition coefficient (Wildman–Crippen LogP) is 4.24. The van der Waals surface area contributed by atoms with Gasteiger partial charge in [0.2, 0.25) is 5.91 Å². The summed E-state index contributed by atoms with van der Waals surface area (Å²) in [5, 5.41) is 16.5. The Kier molecular flexibility index (Phi) is 5.56. The standard InChI is InChI=1S/C18H20ClN7O/c1-10(2)18(27)22-14-7-12(4-5-13(14)19)21-16-8-20-9-17(24-16)23-15-6-11(3)25-26-15/h4-10H,1-3H3,(H,22,27)(H3,21,23,24,25,26). The van der Waals surface area contributed by atoms with E-state index in [1.807, 2.05) is 26.8 Å². The monoisotopic (exact) mass is 385 g/mol. The molecule has 0 aliphatic rings. The molecule has 0 saturated carbocycles. The van der Waals surface area contributed by atoms with Crippen LogP contribution in [-0.4, -0.2) is 26.1 Å². The molecule has 0 radical (unpaired) electrons. The fraction of sp³-hybridized carbons (Fsp3) is 0.222. The Labute approximate surface area is 161 Å². The maximum absolute atomic E-state index is 11.9. The van der Waals surface area contributed by atoms with E-state index in [1.165, 1.54) is 0 Å². The first-order chi connectivity index (χ1) is 12.9. The summed E-state index contributed by atoms with van der Waals surface area (Å²) >= 11 is 6.18. The zero-order chi connectivity index (χ0) is 19.4. The van der Waals surface area contributed by atoms with Crippen LogP contribution in [0.15, 0.2) is 36.7 Å². The quantitative estimate of drug-likeness (QED) is 0.505. The van der Waals surface area contributed by atoms with E-state index in [-0.39, 0.29) is 11.8 Å². The van der Waals surface area contributed by atoms with Crippen LogP contribution >= 0.6 is 11.6 Å². The highest BCUT2D eigenvalue weighted by Crippen LogP contribution is 2.27. The van der Waals surface area contributed by atoms with Crippen LogP contribution < -0.4 is 16.0 Å². The number of rotatable bonds is 6. The average Bonchev–Trinajstić information content (AvgIpc) is 3.03. The maximum atomic E-state index is 11.9. The lowest BCUT2D eigenvalue weighted by Gasteiger charge is -2.12. The number of aryl methyl sites for hydroxylation is 1. The zero-order valence-corrected chi connectivity index (χ0v) is 15.9. The van der Waals surface area contributed by atoms with Crippen LogP contribution in [-0.2, 0) is 4.79 Å². The van der Waals surface area contributed by atoms with Gasteiger partial charge in [-0.05, 0) is 25.1 Å². The summed E-state index contributed by atoms with van der Waals surface area (Å²) in [6.07, 6.45) is 3.20. The van der Waals surface area contributed by atoms with Gasteiger partial charge in [-0.25, -0.2) is 4.98 Å². The van der Waals surface area contributed by atoms with Crippen molar-refractivity contribution in [2.24, 2.45) is 5.92 Å². The number of nitrogens with zero attached hydrogens (tertiary/aromatic N) is 3. The van der Waals surface area contributed by atoms with E-state index in [2.05, 4.69) is 36.1 Å². The number of hydrogen-bond donors (Lipinski definition) is 4. The molecular weight excluding hydrogens is 366 g/mol. The molecule has 0 bridgehead atoms. The van der Waals surface area contributed by atoms with E-state index in [0.717, 1.165) is 11.4 Å². The highest BCUT2D eigenvalue weighted by atomic mass is 35.5. The molecule has 0 aliphatic heterocycles. The maximum Gasteiger partial charge on any atom is 0.226 e. The van der Waals surface area contributed by atoms with E-state index < -0.39 is 0 Å². The van der Waals surface area contributed by atoms with Crippen LogP contribution in [0, 0.1) is 12.8 Å². The van der Waals surface area contributed by atoms with Crippen molar-refractivity contribution in [3.63, 3.8) is 0 Å². The molecule has 9 heteroatoms. The largest absolute Gasteiger partial charge is 0.339 e. The van der Waals surface area contributed by atoms with Crippen LogP contribution in [0.3, 0.4) is 0 Å². The first-order valence-corrected chi connectivity index (χ1v) is 8.77. The molecule has 8 nitrogen and oxygen atoms in total. The van der Waals surface area contributed by atoms with Crippen molar-refractivity contribution in [1.29, 1.82) is 0 Å². The van der Waals surface area contributed by atoms with Crippen molar-refractivity contribution in [1.82, 2.24) is 20.2 Å². The van der Waals surface area contributed by atoms with E-state index >= 15 is 0 Å². The minimum absolute atomic E-state index is 0.102. The molecule has 0 atom stereocenters. The predicted molar refractivity (Wildman–Crippen MR) is 107 cm³/mol. The Morgan fingerprint density at radius 1 is 1.11 bits per heavy atom. The lowest BCUT2D eigenvalue weighted by atomic mass is 10.2. The first-order valence-electron chi connectivity index (χ1n) is 8.39. The van der Waals surface area contributed by atoms with Gasteiger partial charge in [-0.1, -0.05) is 25.4 Å². The Hall–Kier alpha value is -3.13. The third kappa shape index (κ3) is 4.95. The van der Waals surface area contributed by atoms with Crippen molar-refractivity contribution in [2.75, 3.05) is 16.0 Å². The van der Waals surface area contributed by atoms with Crippen LogP contribution in [0.25, 0.3) is 0 Å². The molecule has 1 amide bonds. The van der Waals surface area contributed by atoms with Crippen LogP contribution in [0.2, 0.25) is 5.02 Å². The summed E-state index contributed by atoms with van der Waals surface area (Å²) in [5.74, 6) is 1.50. The summed E-state index contributed by atoms with van der Waals surface area (Å²) in [5.41, 5.74) is 2.20. The second-order valence-corrected chi connectivity index (χ2v) is 6.72. The second kappa shape index (κ2) is 8.05. The van der Waals surface area contributed by atoms with Crippen molar-refractivity contribution in [3.05, 3.63) is 47.4 Å². The molecular formula is C18H20ClN7O. The molecule has 0 aliphatic carbocycles. The number of halogens is 1. The number of aromatic amines is 1. The molecule has 0 fully saturated rings. The van der Waals surface area contributed by atoms with Crippen LogP contribution in [0.1, 0.15) is 19.5 Å². The minimum Gasteiger partial charge on any atom is -0.339 e. The molecule has 27 heavy (non-hydrogen) atoms. The number of benzene rings is 1. The number of amides is 1. The smallest absolute Gasteiger partial charge is 0.226 e. The Morgan fingerprint density at radius 2 is 1.85 bits per heavy atom. The summed E-state index contributed by atoms with van der Waals surface area (Å²) in [4.78, 5) is 20.6. The number of anilines is 5. The van der Waals surface area contributed by atoms with Gasteiger partial charge < -0.3 is 16.0 Å². The van der Waals surface area contributed by atoms with Crippen molar-refractivity contribution in [2.45, 2.75) is 20.8 Å². The van der Waals surface area contributed by atoms with E-state index in [1.54, 1.807) is 30.6 Å². The van der Waals surface area contributed by atoms with E-state index in [4.69, 9.17) is 11.6 Å². The normalized spacial score (nSPS) is 10.7. The van der Waals surface area contributed by atoms with Gasteiger partial charge in [-0.3, -0.25) is 14.9 Å². The molecule has 140 valence electrons. The highest BCUT2D eigenvalue weighted by Gasteiger charge is 2.11. The van der Waals surface area contributed by atoms with E-state index in [0.29, 0.717) is 28.2 Å². The molecule has 4 N–H and O–H groups in total. The number of carbonyl (C=O) groups is 1. The Morgan fingerprint density at radius 3 is 2.52 bits per heavy atom. The van der Waals surface area contributed by atoms with Gasteiger partial charge in [0, 0.05) is 23.4 Å². The first kappa shape index (κ1) is 18.7. The summed E-state index contributed by atoms with van der Waals surface area (Å²) in [7, 11) is 0. The molecule has 0 unspecified atom stereocenters. The number of H-pyrrole nitrogens is 1. The highest BCUT2D eigenvalue weighted by molar-refractivity contribution is 6.33. The van der Waals surface area contributed by atoms with Gasteiger partial charge in [0.1, 0.15) is 0 Å². The van der Waals surface area contributed by atoms with Crippen LogP contribution in [0.5, 0.6) is 0 Å². The van der Waals surface area contributed by atoms with Crippen molar-refractivity contribution in [3.8, 4) is 0 Å². The third-order valence-corrected chi connectivity index (χ3v) is 3.95. The van der Waals surface area contributed by atoms with Gasteiger partial charge in [0.25, 0.3) is 0 Å². The molecule has 3 rings (SSSR count). The fourth-order valence-electron chi connectivity index (χ4n) is 2.22. The van der Waals surface area contributed by atoms with Gasteiger partial charge in [0.05, 0.1) is 23.1 Å². The van der Waals surface area contributed by atoms with Gasteiger partial charge >= 0.3 is 0 Å². The molecule has 0 spiro atoms. The lowest BCUT2D eigenvalue weighted by molar-refractivity contribution is -0.118.